The summed E-state index contributed by atoms with van der Waals surface area (Å²) in [7, 11) is -3.44. The molecule has 0 aliphatic carbocycles. The van der Waals surface area contributed by atoms with Gasteiger partial charge in [-0.15, -0.1) is 0 Å². The average Bonchev–Trinajstić information content (AvgIpc) is 2.71. The van der Waals surface area contributed by atoms with Gasteiger partial charge in [0.2, 0.25) is 0 Å². The number of Topliss-reactive ketones (excluding diaryl/α,β-unsaturated/α-hetero) is 1. The summed E-state index contributed by atoms with van der Waals surface area (Å²) in [5.41, 5.74) is 2.20. The number of sulfone groups is 1. The van der Waals surface area contributed by atoms with Gasteiger partial charge in [0.25, 0.3) is 0 Å². The van der Waals surface area contributed by atoms with E-state index in [1.165, 1.54) is 0 Å². The molecule has 0 aromatic heterocycles. The molecule has 0 amide bonds. The van der Waals surface area contributed by atoms with Gasteiger partial charge in [0.1, 0.15) is 30.5 Å². The fourth-order valence-electron chi connectivity index (χ4n) is 2.70. The normalized spacial score (nSPS) is 11.1. The maximum atomic E-state index is 12.4. The number of rotatable bonds is 9. The van der Waals surface area contributed by atoms with Crippen LogP contribution in [0.3, 0.4) is 0 Å². The molecule has 0 unspecified atom stereocenters. The van der Waals surface area contributed by atoms with Gasteiger partial charge in [0, 0.05) is 17.9 Å². The standard InChI is InChI=1S/C23H22O5S/c1-29(25,26)17-23(24)20-12-21(27-15-18-8-4-2-5-9-18)14-22(13-20)28-16-19-10-6-3-7-11-19/h2-14H,15-17H2,1H3. The highest BCUT2D eigenvalue weighted by atomic mass is 32.2. The average molecular weight is 410 g/mol. The fourth-order valence-corrected chi connectivity index (χ4v) is 3.35. The van der Waals surface area contributed by atoms with E-state index >= 15 is 0 Å². The summed E-state index contributed by atoms with van der Waals surface area (Å²) >= 11 is 0. The van der Waals surface area contributed by atoms with Crippen LogP contribution in [0.2, 0.25) is 0 Å². The van der Waals surface area contributed by atoms with Crippen LogP contribution in [0, 0.1) is 0 Å². The Morgan fingerprint density at radius 1 is 0.759 bits per heavy atom. The topological polar surface area (TPSA) is 69.7 Å². The van der Waals surface area contributed by atoms with Crippen molar-refractivity contribution in [3.05, 3.63) is 95.6 Å². The molecule has 0 radical (unpaired) electrons. The first-order valence-corrected chi connectivity index (χ1v) is 11.1. The summed E-state index contributed by atoms with van der Waals surface area (Å²) in [5, 5.41) is 0. The van der Waals surface area contributed by atoms with Crippen molar-refractivity contribution in [1.29, 1.82) is 0 Å². The van der Waals surface area contributed by atoms with Crippen LogP contribution in [0.1, 0.15) is 21.5 Å². The summed E-state index contributed by atoms with van der Waals surface area (Å²) in [4.78, 5) is 12.4. The zero-order valence-corrected chi connectivity index (χ0v) is 16.9. The summed E-state index contributed by atoms with van der Waals surface area (Å²) in [6.45, 7) is 0.644. The molecular formula is C23H22O5S. The summed E-state index contributed by atoms with van der Waals surface area (Å²) in [5.74, 6) is -0.178. The van der Waals surface area contributed by atoms with Crippen LogP contribution in [0.15, 0.2) is 78.9 Å². The van der Waals surface area contributed by atoms with Gasteiger partial charge in [0.15, 0.2) is 15.6 Å². The van der Waals surface area contributed by atoms with Gasteiger partial charge in [-0.25, -0.2) is 8.42 Å². The quantitative estimate of drug-likeness (QED) is 0.497. The molecule has 3 aromatic carbocycles. The van der Waals surface area contributed by atoms with Crippen LogP contribution in [0.4, 0.5) is 0 Å². The lowest BCUT2D eigenvalue weighted by atomic mass is 10.1. The lowest BCUT2D eigenvalue weighted by Gasteiger charge is -2.12. The molecule has 3 aromatic rings. The van der Waals surface area contributed by atoms with Crippen LogP contribution in [-0.4, -0.2) is 26.2 Å². The maximum absolute atomic E-state index is 12.4. The van der Waals surface area contributed by atoms with E-state index in [2.05, 4.69) is 0 Å². The summed E-state index contributed by atoms with van der Waals surface area (Å²) in [6, 6.07) is 24.0. The highest BCUT2D eigenvalue weighted by Crippen LogP contribution is 2.25. The Morgan fingerprint density at radius 3 is 1.62 bits per heavy atom. The van der Waals surface area contributed by atoms with Gasteiger partial charge >= 0.3 is 0 Å². The molecular weight excluding hydrogens is 388 g/mol. The Labute approximate surface area is 170 Å². The highest BCUT2D eigenvalue weighted by molar-refractivity contribution is 7.91. The fraction of sp³-hybridized carbons (Fsp3) is 0.174. The Bertz CT molecular complexity index is 999. The van der Waals surface area contributed by atoms with Crippen molar-refractivity contribution in [3.8, 4) is 11.5 Å². The zero-order valence-electron chi connectivity index (χ0n) is 16.1. The summed E-state index contributed by atoms with van der Waals surface area (Å²) < 4.78 is 34.7. The maximum Gasteiger partial charge on any atom is 0.178 e. The number of ketones is 1. The first kappa shape index (κ1) is 20.6. The van der Waals surface area contributed by atoms with E-state index in [0.29, 0.717) is 24.7 Å². The smallest absolute Gasteiger partial charge is 0.178 e. The van der Waals surface area contributed by atoms with Gasteiger partial charge in [-0.2, -0.15) is 0 Å². The molecule has 5 nitrogen and oxygen atoms in total. The van der Waals surface area contributed by atoms with E-state index < -0.39 is 21.4 Å². The lowest BCUT2D eigenvalue weighted by molar-refractivity contribution is 0.102. The molecule has 6 heteroatoms. The molecule has 0 fully saturated rings. The molecule has 0 spiro atoms. The molecule has 150 valence electrons. The number of carbonyl (C=O) groups excluding carboxylic acids is 1. The molecule has 0 saturated carbocycles. The van der Waals surface area contributed by atoms with Crippen molar-refractivity contribution < 1.29 is 22.7 Å². The van der Waals surface area contributed by atoms with Gasteiger partial charge in [-0.3, -0.25) is 4.79 Å². The molecule has 0 bridgehead atoms. The predicted octanol–water partition coefficient (Wildman–Crippen LogP) is 4.07. The minimum absolute atomic E-state index is 0.240. The molecule has 29 heavy (non-hydrogen) atoms. The molecule has 0 aliphatic heterocycles. The predicted molar refractivity (Wildman–Crippen MR) is 112 cm³/mol. The van der Waals surface area contributed by atoms with Crippen molar-refractivity contribution >= 4 is 15.6 Å². The van der Waals surface area contributed by atoms with Crippen LogP contribution in [0.25, 0.3) is 0 Å². The molecule has 0 N–H and O–H groups in total. The third-order valence-corrected chi connectivity index (χ3v) is 4.88. The van der Waals surface area contributed by atoms with Gasteiger partial charge in [-0.1, -0.05) is 60.7 Å². The second-order valence-corrected chi connectivity index (χ2v) is 8.88. The number of carbonyl (C=O) groups is 1. The Morgan fingerprint density at radius 2 is 1.21 bits per heavy atom. The van der Waals surface area contributed by atoms with E-state index in [1.807, 2.05) is 60.7 Å². The first-order chi connectivity index (χ1) is 13.9. The molecule has 3 rings (SSSR count). The van der Waals surface area contributed by atoms with Gasteiger partial charge in [-0.05, 0) is 23.3 Å². The van der Waals surface area contributed by atoms with Gasteiger partial charge < -0.3 is 9.47 Å². The largest absolute Gasteiger partial charge is 0.489 e. The monoisotopic (exact) mass is 410 g/mol. The van der Waals surface area contributed by atoms with E-state index in [1.54, 1.807) is 18.2 Å². The second kappa shape index (κ2) is 9.39. The first-order valence-electron chi connectivity index (χ1n) is 9.08. The van der Waals surface area contributed by atoms with E-state index in [-0.39, 0.29) is 5.56 Å². The Balaban J connectivity index is 1.81. The van der Waals surface area contributed by atoms with Crippen LogP contribution >= 0.6 is 0 Å². The molecule has 0 aliphatic rings. The van der Waals surface area contributed by atoms with E-state index in [0.717, 1.165) is 17.4 Å². The van der Waals surface area contributed by atoms with E-state index in [4.69, 9.17) is 9.47 Å². The van der Waals surface area contributed by atoms with Crippen molar-refractivity contribution in [2.45, 2.75) is 13.2 Å². The zero-order chi connectivity index (χ0) is 20.7. The third-order valence-electron chi connectivity index (χ3n) is 4.09. The van der Waals surface area contributed by atoms with Crippen molar-refractivity contribution in [2.24, 2.45) is 0 Å². The number of hydrogen-bond donors (Lipinski definition) is 0. The van der Waals surface area contributed by atoms with Gasteiger partial charge in [0.05, 0.1) is 0 Å². The van der Waals surface area contributed by atoms with Crippen molar-refractivity contribution in [2.75, 3.05) is 12.0 Å². The van der Waals surface area contributed by atoms with Crippen molar-refractivity contribution in [1.82, 2.24) is 0 Å². The van der Waals surface area contributed by atoms with Crippen LogP contribution in [-0.2, 0) is 23.1 Å². The molecule has 0 atom stereocenters. The Kier molecular flexibility index (Phi) is 6.67. The number of benzene rings is 3. The van der Waals surface area contributed by atoms with Crippen LogP contribution < -0.4 is 9.47 Å². The van der Waals surface area contributed by atoms with E-state index in [9.17, 15) is 13.2 Å². The number of ether oxygens (including phenoxy) is 2. The number of hydrogen-bond acceptors (Lipinski definition) is 5. The third kappa shape index (κ3) is 6.76. The highest BCUT2D eigenvalue weighted by Gasteiger charge is 2.16. The lowest BCUT2D eigenvalue weighted by Crippen LogP contribution is -2.15. The molecule has 0 heterocycles. The minimum Gasteiger partial charge on any atom is -0.489 e. The minimum atomic E-state index is -3.44. The summed E-state index contributed by atoms with van der Waals surface area (Å²) in [6.07, 6.45) is 1.04. The second-order valence-electron chi connectivity index (χ2n) is 6.73. The SMILES string of the molecule is CS(=O)(=O)CC(=O)c1cc(OCc2ccccc2)cc(OCc2ccccc2)c1. The van der Waals surface area contributed by atoms with Crippen LogP contribution in [0.5, 0.6) is 11.5 Å². The Hall–Kier alpha value is -3.12. The molecule has 0 saturated heterocycles. The van der Waals surface area contributed by atoms with Crippen molar-refractivity contribution in [3.63, 3.8) is 0 Å².